The molecule has 0 bridgehead atoms. The van der Waals surface area contributed by atoms with Gasteiger partial charge in [-0.25, -0.2) is 0 Å². The first-order chi connectivity index (χ1) is 9.58. The van der Waals surface area contributed by atoms with Gasteiger partial charge in [0.2, 0.25) is 5.91 Å². The van der Waals surface area contributed by atoms with E-state index >= 15 is 0 Å². The lowest BCUT2D eigenvalue weighted by Gasteiger charge is -2.14. The average molecular weight is 344 g/mol. The van der Waals surface area contributed by atoms with Crippen LogP contribution in [0.5, 0.6) is 11.5 Å². The predicted molar refractivity (Wildman–Crippen MR) is 85.0 cm³/mol. The van der Waals surface area contributed by atoms with Gasteiger partial charge in [0.1, 0.15) is 0 Å². The molecule has 4 nitrogen and oxygen atoms in total. The van der Waals surface area contributed by atoms with E-state index < -0.39 is 0 Å². The highest BCUT2D eigenvalue weighted by molar-refractivity contribution is 9.10. The Hall–Kier alpha value is -1.23. The Kier molecular flexibility index (Phi) is 7.44. The predicted octanol–water partition coefficient (Wildman–Crippen LogP) is 3.99. The van der Waals surface area contributed by atoms with Crippen LogP contribution in [-0.4, -0.2) is 23.9 Å². The molecule has 1 atom stereocenters. The second kappa shape index (κ2) is 8.84. The molecule has 0 fully saturated rings. The molecule has 1 aromatic rings. The van der Waals surface area contributed by atoms with Crippen LogP contribution in [0.15, 0.2) is 18.2 Å². The lowest BCUT2D eigenvalue weighted by molar-refractivity contribution is -0.115. The number of benzene rings is 1. The highest BCUT2D eigenvalue weighted by Crippen LogP contribution is 2.31. The summed E-state index contributed by atoms with van der Waals surface area (Å²) in [4.78, 5) is 11.4. The molecule has 0 radical (unpaired) electrons. The van der Waals surface area contributed by atoms with Crippen molar-refractivity contribution in [1.82, 2.24) is 0 Å². The first-order valence-electron chi connectivity index (χ1n) is 6.93. The third kappa shape index (κ3) is 5.41. The topological polar surface area (TPSA) is 47.6 Å². The standard InChI is InChI=1S/C15H22BrNO3/c1-4-8-19-13-7-6-12(17-15(18)11(3)16)10-14(13)20-9-5-2/h6-7,10-11H,4-5,8-9H2,1-3H3,(H,17,18). The van der Waals surface area contributed by atoms with E-state index in [1.54, 1.807) is 13.0 Å². The zero-order valence-corrected chi connectivity index (χ0v) is 13.8. The number of amides is 1. The quantitative estimate of drug-likeness (QED) is 0.726. The van der Waals surface area contributed by atoms with Gasteiger partial charge in [0.05, 0.1) is 18.0 Å². The molecule has 20 heavy (non-hydrogen) atoms. The highest BCUT2D eigenvalue weighted by Gasteiger charge is 2.11. The molecule has 0 saturated carbocycles. The molecule has 0 aliphatic carbocycles. The van der Waals surface area contributed by atoms with Crippen LogP contribution in [0.4, 0.5) is 5.69 Å². The summed E-state index contributed by atoms with van der Waals surface area (Å²) in [6.45, 7) is 7.15. The van der Waals surface area contributed by atoms with Crippen molar-refractivity contribution in [2.24, 2.45) is 0 Å². The number of alkyl halides is 1. The van der Waals surface area contributed by atoms with Gasteiger partial charge in [-0.3, -0.25) is 4.79 Å². The van der Waals surface area contributed by atoms with Crippen LogP contribution in [0.25, 0.3) is 0 Å². The third-order valence-corrected chi connectivity index (χ3v) is 2.91. The Bertz CT molecular complexity index is 435. The minimum absolute atomic E-state index is 0.0892. The van der Waals surface area contributed by atoms with Crippen LogP contribution in [-0.2, 0) is 4.79 Å². The zero-order valence-electron chi connectivity index (χ0n) is 12.2. The number of anilines is 1. The van der Waals surface area contributed by atoms with Gasteiger partial charge in [-0.15, -0.1) is 0 Å². The van der Waals surface area contributed by atoms with E-state index in [9.17, 15) is 4.79 Å². The smallest absolute Gasteiger partial charge is 0.237 e. The maximum atomic E-state index is 11.7. The molecule has 0 aliphatic heterocycles. The maximum absolute atomic E-state index is 11.7. The van der Waals surface area contributed by atoms with Gasteiger partial charge in [-0.1, -0.05) is 29.8 Å². The summed E-state index contributed by atoms with van der Waals surface area (Å²) in [5.41, 5.74) is 0.705. The van der Waals surface area contributed by atoms with E-state index in [4.69, 9.17) is 9.47 Å². The van der Waals surface area contributed by atoms with Gasteiger partial charge < -0.3 is 14.8 Å². The molecule has 0 spiro atoms. The van der Waals surface area contributed by atoms with Gasteiger partial charge in [0.15, 0.2) is 11.5 Å². The summed E-state index contributed by atoms with van der Waals surface area (Å²) in [5.74, 6) is 1.29. The number of ether oxygens (including phenoxy) is 2. The first kappa shape index (κ1) is 16.8. The molecule has 1 N–H and O–H groups in total. The number of rotatable bonds is 8. The van der Waals surface area contributed by atoms with E-state index in [-0.39, 0.29) is 10.7 Å². The summed E-state index contributed by atoms with van der Waals surface area (Å²) in [6.07, 6.45) is 1.86. The Balaban J connectivity index is 2.85. The van der Waals surface area contributed by atoms with Gasteiger partial charge in [-0.05, 0) is 31.9 Å². The number of carbonyl (C=O) groups is 1. The molecule has 112 valence electrons. The van der Waals surface area contributed by atoms with Crippen LogP contribution in [0.2, 0.25) is 0 Å². The van der Waals surface area contributed by atoms with E-state index in [1.165, 1.54) is 0 Å². The Morgan fingerprint density at radius 3 is 2.35 bits per heavy atom. The zero-order chi connectivity index (χ0) is 15.0. The fraction of sp³-hybridized carbons (Fsp3) is 0.533. The van der Waals surface area contributed by atoms with E-state index in [0.717, 1.165) is 12.8 Å². The molecular weight excluding hydrogens is 322 g/mol. The summed E-state index contributed by atoms with van der Waals surface area (Å²) in [5, 5.41) is 2.82. The van der Waals surface area contributed by atoms with E-state index in [1.807, 2.05) is 19.1 Å². The number of hydrogen-bond donors (Lipinski definition) is 1. The Labute approximate surface area is 129 Å². The third-order valence-electron chi connectivity index (χ3n) is 2.50. The number of carbonyl (C=O) groups excluding carboxylic acids is 1. The minimum atomic E-state index is -0.237. The lowest BCUT2D eigenvalue weighted by atomic mass is 10.2. The van der Waals surface area contributed by atoms with Crippen molar-refractivity contribution in [2.45, 2.75) is 38.4 Å². The molecular formula is C15H22BrNO3. The van der Waals surface area contributed by atoms with E-state index in [0.29, 0.717) is 30.4 Å². The van der Waals surface area contributed by atoms with Crippen molar-refractivity contribution in [3.63, 3.8) is 0 Å². The Morgan fingerprint density at radius 2 is 1.80 bits per heavy atom. The number of halogens is 1. The van der Waals surface area contributed by atoms with Gasteiger partial charge >= 0.3 is 0 Å². The van der Waals surface area contributed by atoms with Crippen LogP contribution in [0.3, 0.4) is 0 Å². The summed E-state index contributed by atoms with van der Waals surface area (Å²) < 4.78 is 11.3. The normalized spacial score (nSPS) is 11.8. The second-order valence-corrected chi connectivity index (χ2v) is 5.84. The average Bonchev–Trinajstić information content (AvgIpc) is 2.43. The van der Waals surface area contributed by atoms with Crippen molar-refractivity contribution >= 4 is 27.5 Å². The molecule has 1 amide bonds. The first-order valence-corrected chi connectivity index (χ1v) is 7.84. The van der Waals surface area contributed by atoms with Crippen LogP contribution < -0.4 is 14.8 Å². The molecule has 1 aromatic carbocycles. The monoisotopic (exact) mass is 343 g/mol. The maximum Gasteiger partial charge on any atom is 0.237 e. The second-order valence-electron chi connectivity index (χ2n) is 4.46. The summed E-state index contributed by atoms with van der Waals surface area (Å²) in [7, 11) is 0. The molecule has 0 heterocycles. The fourth-order valence-electron chi connectivity index (χ4n) is 1.48. The fourth-order valence-corrected chi connectivity index (χ4v) is 1.60. The minimum Gasteiger partial charge on any atom is -0.490 e. The molecule has 1 unspecified atom stereocenters. The molecule has 0 saturated heterocycles. The number of nitrogens with one attached hydrogen (secondary N) is 1. The van der Waals surface area contributed by atoms with Gasteiger partial charge in [0, 0.05) is 11.8 Å². The highest BCUT2D eigenvalue weighted by atomic mass is 79.9. The molecule has 1 rings (SSSR count). The van der Waals surface area contributed by atoms with Crippen LogP contribution >= 0.6 is 15.9 Å². The molecule has 0 aromatic heterocycles. The lowest BCUT2D eigenvalue weighted by Crippen LogP contribution is -2.19. The summed E-state index contributed by atoms with van der Waals surface area (Å²) >= 11 is 3.24. The van der Waals surface area contributed by atoms with Crippen molar-refractivity contribution in [2.75, 3.05) is 18.5 Å². The van der Waals surface area contributed by atoms with Crippen molar-refractivity contribution in [1.29, 1.82) is 0 Å². The van der Waals surface area contributed by atoms with Gasteiger partial charge in [0.25, 0.3) is 0 Å². The van der Waals surface area contributed by atoms with Crippen LogP contribution in [0.1, 0.15) is 33.6 Å². The molecule has 5 heteroatoms. The van der Waals surface area contributed by atoms with Crippen molar-refractivity contribution < 1.29 is 14.3 Å². The van der Waals surface area contributed by atoms with Crippen molar-refractivity contribution in [3.8, 4) is 11.5 Å². The largest absolute Gasteiger partial charge is 0.490 e. The molecule has 0 aliphatic rings. The summed E-state index contributed by atoms with van der Waals surface area (Å²) in [6, 6.07) is 5.44. The van der Waals surface area contributed by atoms with Gasteiger partial charge in [-0.2, -0.15) is 0 Å². The van der Waals surface area contributed by atoms with E-state index in [2.05, 4.69) is 28.2 Å². The Morgan fingerprint density at radius 1 is 1.20 bits per heavy atom. The van der Waals surface area contributed by atoms with Crippen LogP contribution in [0, 0.1) is 0 Å². The number of hydrogen-bond acceptors (Lipinski definition) is 3. The van der Waals surface area contributed by atoms with Crippen molar-refractivity contribution in [3.05, 3.63) is 18.2 Å². The SMILES string of the molecule is CCCOc1ccc(NC(=O)C(C)Br)cc1OCCC.